The molecule has 25 heavy (non-hydrogen) atoms. The fourth-order valence-electron chi connectivity index (χ4n) is 3.66. The number of aryl methyl sites for hydroxylation is 1. The minimum atomic E-state index is 0.269. The van der Waals surface area contributed by atoms with E-state index in [1.807, 2.05) is 30.3 Å². The molecule has 0 unspecified atom stereocenters. The fourth-order valence-corrected chi connectivity index (χ4v) is 3.66. The Kier molecular flexibility index (Phi) is 4.02. The van der Waals surface area contributed by atoms with Crippen LogP contribution in [0.1, 0.15) is 35.1 Å². The van der Waals surface area contributed by atoms with Crippen LogP contribution in [-0.2, 0) is 6.42 Å². The monoisotopic (exact) mass is 328 g/mol. The van der Waals surface area contributed by atoms with E-state index in [1.54, 1.807) is 18.2 Å². The molecule has 0 aromatic heterocycles. The first kappa shape index (κ1) is 15.5. The van der Waals surface area contributed by atoms with Crippen molar-refractivity contribution < 1.29 is 10.2 Å². The van der Waals surface area contributed by atoms with Gasteiger partial charge in [-0.25, -0.2) is 0 Å². The average molecular weight is 328 g/mol. The van der Waals surface area contributed by atoms with Crippen molar-refractivity contribution in [1.29, 1.82) is 0 Å². The van der Waals surface area contributed by atoms with Gasteiger partial charge in [-0.2, -0.15) is 0 Å². The standard InChI is InChI=1S/C23H20O2/c24-19-11-9-17(10-12-19)23-21(16-5-2-1-3-6-16)8-4-7-18-15-20(25)13-14-22(18)23/h1-3,5-6,9-15,24-25H,4,7-8H2. The molecule has 3 aromatic carbocycles. The molecule has 1 aliphatic carbocycles. The van der Waals surface area contributed by atoms with Gasteiger partial charge in [-0.05, 0) is 76.9 Å². The largest absolute Gasteiger partial charge is 0.508 e. The van der Waals surface area contributed by atoms with Crippen molar-refractivity contribution in [2.45, 2.75) is 19.3 Å². The van der Waals surface area contributed by atoms with Crippen LogP contribution in [0.2, 0.25) is 0 Å². The maximum absolute atomic E-state index is 9.91. The number of rotatable bonds is 2. The molecule has 3 aromatic rings. The number of phenolic OH excluding ortho intramolecular Hbond substituents is 2. The Labute approximate surface area is 147 Å². The van der Waals surface area contributed by atoms with Crippen LogP contribution >= 0.6 is 0 Å². The van der Waals surface area contributed by atoms with E-state index in [4.69, 9.17) is 0 Å². The molecule has 0 amide bonds. The summed E-state index contributed by atoms with van der Waals surface area (Å²) in [5.74, 6) is 0.581. The number of benzene rings is 3. The topological polar surface area (TPSA) is 40.5 Å². The zero-order valence-electron chi connectivity index (χ0n) is 13.9. The molecule has 2 N–H and O–H groups in total. The van der Waals surface area contributed by atoms with Crippen LogP contribution in [0.3, 0.4) is 0 Å². The highest BCUT2D eigenvalue weighted by atomic mass is 16.3. The first-order valence-electron chi connectivity index (χ1n) is 8.62. The Hall–Kier alpha value is -3.00. The van der Waals surface area contributed by atoms with Crippen LogP contribution in [-0.4, -0.2) is 10.2 Å². The highest BCUT2D eigenvalue weighted by Gasteiger charge is 2.20. The van der Waals surface area contributed by atoms with Crippen LogP contribution < -0.4 is 0 Å². The molecule has 0 bridgehead atoms. The smallest absolute Gasteiger partial charge is 0.115 e. The first-order chi connectivity index (χ1) is 12.2. The first-order valence-corrected chi connectivity index (χ1v) is 8.62. The minimum Gasteiger partial charge on any atom is -0.508 e. The van der Waals surface area contributed by atoms with E-state index in [-0.39, 0.29) is 5.75 Å². The minimum absolute atomic E-state index is 0.269. The summed E-state index contributed by atoms with van der Waals surface area (Å²) in [4.78, 5) is 0. The van der Waals surface area contributed by atoms with Gasteiger partial charge in [0.2, 0.25) is 0 Å². The van der Waals surface area contributed by atoms with Gasteiger partial charge in [-0.3, -0.25) is 0 Å². The lowest BCUT2D eigenvalue weighted by Crippen LogP contribution is -1.95. The normalized spacial score (nSPS) is 14.1. The molecule has 0 fully saturated rings. The van der Waals surface area contributed by atoms with Crippen molar-refractivity contribution in [3.8, 4) is 11.5 Å². The summed E-state index contributed by atoms with van der Waals surface area (Å²) >= 11 is 0. The van der Waals surface area contributed by atoms with Gasteiger partial charge in [-0.1, -0.05) is 48.5 Å². The van der Waals surface area contributed by atoms with E-state index >= 15 is 0 Å². The lowest BCUT2D eigenvalue weighted by Gasteiger charge is -2.16. The summed E-state index contributed by atoms with van der Waals surface area (Å²) in [5.41, 5.74) is 7.17. The highest BCUT2D eigenvalue weighted by molar-refractivity contribution is 6.00. The van der Waals surface area contributed by atoms with Crippen LogP contribution in [0.4, 0.5) is 0 Å². The molecule has 0 saturated heterocycles. The van der Waals surface area contributed by atoms with Crippen molar-refractivity contribution >= 4 is 11.1 Å². The van der Waals surface area contributed by atoms with Gasteiger partial charge in [0.25, 0.3) is 0 Å². The Balaban J connectivity index is 2.01. The van der Waals surface area contributed by atoms with Gasteiger partial charge in [-0.15, -0.1) is 0 Å². The second-order valence-electron chi connectivity index (χ2n) is 6.46. The van der Waals surface area contributed by atoms with Gasteiger partial charge in [0.15, 0.2) is 0 Å². The summed E-state index contributed by atoms with van der Waals surface area (Å²) in [6.45, 7) is 0. The molecule has 0 atom stereocenters. The number of hydrogen-bond donors (Lipinski definition) is 2. The molecule has 1 aliphatic rings. The lowest BCUT2D eigenvalue weighted by atomic mass is 9.88. The van der Waals surface area contributed by atoms with Gasteiger partial charge < -0.3 is 10.2 Å². The van der Waals surface area contributed by atoms with Crippen molar-refractivity contribution in [3.63, 3.8) is 0 Å². The Morgan fingerprint density at radius 2 is 1.36 bits per heavy atom. The third-order valence-electron chi connectivity index (χ3n) is 4.81. The Morgan fingerprint density at radius 3 is 2.12 bits per heavy atom. The fraction of sp³-hybridized carbons (Fsp3) is 0.130. The quantitative estimate of drug-likeness (QED) is 0.662. The second kappa shape index (κ2) is 6.48. The molecule has 4 rings (SSSR count). The predicted molar refractivity (Wildman–Crippen MR) is 102 cm³/mol. The molecule has 0 radical (unpaired) electrons. The molecular weight excluding hydrogens is 308 g/mol. The predicted octanol–water partition coefficient (Wildman–Crippen LogP) is 5.39. The van der Waals surface area contributed by atoms with Crippen molar-refractivity contribution in [1.82, 2.24) is 0 Å². The third-order valence-corrected chi connectivity index (χ3v) is 4.81. The molecule has 0 heterocycles. The molecule has 0 spiro atoms. The molecule has 2 heteroatoms. The average Bonchev–Trinajstić information content (AvgIpc) is 2.82. The van der Waals surface area contributed by atoms with Gasteiger partial charge in [0.1, 0.15) is 11.5 Å². The molecular formula is C23H20O2. The third kappa shape index (κ3) is 3.03. The maximum Gasteiger partial charge on any atom is 0.115 e. The summed E-state index contributed by atoms with van der Waals surface area (Å²) in [7, 11) is 0. The lowest BCUT2D eigenvalue weighted by molar-refractivity contribution is 0.474. The number of fused-ring (bicyclic) bond motifs is 1. The molecule has 0 aliphatic heterocycles. The number of phenols is 2. The zero-order valence-corrected chi connectivity index (χ0v) is 13.9. The zero-order chi connectivity index (χ0) is 17.2. The Bertz CT molecular complexity index is 922. The van der Waals surface area contributed by atoms with E-state index < -0.39 is 0 Å². The van der Waals surface area contributed by atoms with Crippen molar-refractivity contribution in [2.24, 2.45) is 0 Å². The number of aromatic hydroxyl groups is 2. The van der Waals surface area contributed by atoms with Crippen LogP contribution in [0.5, 0.6) is 11.5 Å². The number of allylic oxidation sites excluding steroid dienone is 1. The second-order valence-corrected chi connectivity index (χ2v) is 6.46. The van der Waals surface area contributed by atoms with E-state index in [0.29, 0.717) is 5.75 Å². The molecule has 124 valence electrons. The molecule has 2 nitrogen and oxygen atoms in total. The summed E-state index contributed by atoms with van der Waals surface area (Å²) in [6, 6.07) is 23.5. The number of hydrogen-bond acceptors (Lipinski definition) is 2. The van der Waals surface area contributed by atoms with Gasteiger partial charge in [0, 0.05) is 0 Å². The molecule has 0 saturated carbocycles. The van der Waals surface area contributed by atoms with E-state index in [2.05, 4.69) is 24.3 Å². The van der Waals surface area contributed by atoms with Gasteiger partial charge >= 0.3 is 0 Å². The van der Waals surface area contributed by atoms with Crippen molar-refractivity contribution in [3.05, 3.63) is 95.1 Å². The van der Waals surface area contributed by atoms with Gasteiger partial charge in [0.05, 0.1) is 0 Å². The van der Waals surface area contributed by atoms with Crippen LogP contribution in [0.25, 0.3) is 11.1 Å². The van der Waals surface area contributed by atoms with E-state index in [9.17, 15) is 10.2 Å². The van der Waals surface area contributed by atoms with E-state index in [1.165, 1.54) is 27.8 Å². The van der Waals surface area contributed by atoms with Crippen LogP contribution in [0, 0.1) is 0 Å². The summed E-state index contributed by atoms with van der Waals surface area (Å²) in [5, 5.41) is 19.6. The highest BCUT2D eigenvalue weighted by Crippen LogP contribution is 2.40. The Morgan fingerprint density at radius 1 is 0.640 bits per heavy atom. The van der Waals surface area contributed by atoms with Crippen LogP contribution in [0.15, 0.2) is 72.8 Å². The van der Waals surface area contributed by atoms with Crippen molar-refractivity contribution in [2.75, 3.05) is 0 Å². The summed E-state index contributed by atoms with van der Waals surface area (Å²) < 4.78 is 0. The summed E-state index contributed by atoms with van der Waals surface area (Å²) in [6.07, 6.45) is 2.97. The maximum atomic E-state index is 9.91. The SMILES string of the molecule is Oc1ccc(C2=C(c3ccccc3)CCCc3cc(O)ccc32)cc1. The van der Waals surface area contributed by atoms with E-state index in [0.717, 1.165) is 24.8 Å².